The molecule has 1 aromatic heterocycles. The summed E-state index contributed by atoms with van der Waals surface area (Å²) in [5.41, 5.74) is 0.0961. The number of rotatable bonds is 3. The summed E-state index contributed by atoms with van der Waals surface area (Å²) in [6.45, 7) is -0.210. The summed E-state index contributed by atoms with van der Waals surface area (Å²) in [5, 5.41) is 9.13. The molecule has 0 unspecified atom stereocenters. The third-order valence-corrected chi connectivity index (χ3v) is 2.88. The molecule has 0 aliphatic rings. The van der Waals surface area contributed by atoms with Gasteiger partial charge in [0, 0.05) is 24.4 Å². The van der Waals surface area contributed by atoms with Crippen molar-refractivity contribution in [1.82, 2.24) is 9.55 Å². The molecule has 0 saturated carbocycles. The van der Waals surface area contributed by atoms with E-state index >= 15 is 0 Å². The van der Waals surface area contributed by atoms with Gasteiger partial charge in [0.15, 0.2) is 5.69 Å². The molecule has 2 aromatic rings. The molecule has 1 heterocycles. The summed E-state index contributed by atoms with van der Waals surface area (Å²) in [4.78, 5) is 3.60. The Labute approximate surface area is 113 Å². The van der Waals surface area contributed by atoms with Crippen LogP contribution in [0.25, 0.3) is 11.4 Å². The standard InChI is InChI=1S/C13H13F3N2O2/c1-18-6-11(13(14,15)16)17-12(18)8-3-4-9(7-19)10(5-8)20-2/h3-6,19H,7H2,1-2H3. The minimum absolute atomic E-state index is 0.181. The number of aromatic nitrogens is 2. The number of hydrogen-bond donors (Lipinski definition) is 1. The number of alkyl halides is 3. The van der Waals surface area contributed by atoms with Crippen molar-refractivity contribution >= 4 is 0 Å². The minimum Gasteiger partial charge on any atom is -0.496 e. The smallest absolute Gasteiger partial charge is 0.434 e. The van der Waals surface area contributed by atoms with Crippen LogP contribution in [-0.2, 0) is 19.8 Å². The summed E-state index contributed by atoms with van der Waals surface area (Å²) in [5.74, 6) is 0.585. The van der Waals surface area contributed by atoms with Gasteiger partial charge in [-0.15, -0.1) is 0 Å². The van der Waals surface area contributed by atoms with Crippen molar-refractivity contribution in [3.05, 3.63) is 35.7 Å². The lowest BCUT2D eigenvalue weighted by molar-refractivity contribution is -0.140. The molecule has 0 spiro atoms. The van der Waals surface area contributed by atoms with Crippen molar-refractivity contribution in [3.63, 3.8) is 0 Å². The van der Waals surface area contributed by atoms with Gasteiger partial charge in [0.05, 0.1) is 13.7 Å². The highest BCUT2D eigenvalue weighted by Gasteiger charge is 2.34. The predicted molar refractivity (Wildman–Crippen MR) is 66.1 cm³/mol. The SMILES string of the molecule is COc1cc(-c2nc(C(F)(F)F)cn2C)ccc1CO. The average Bonchev–Trinajstić information content (AvgIpc) is 2.80. The van der Waals surface area contributed by atoms with Crippen LogP contribution < -0.4 is 4.74 Å². The van der Waals surface area contributed by atoms with Crippen molar-refractivity contribution in [1.29, 1.82) is 0 Å². The van der Waals surface area contributed by atoms with Crippen molar-refractivity contribution in [2.24, 2.45) is 7.05 Å². The zero-order valence-corrected chi connectivity index (χ0v) is 10.9. The molecule has 0 amide bonds. The lowest BCUT2D eigenvalue weighted by Crippen LogP contribution is -2.04. The van der Waals surface area contributed by atoms with Crippen LogP contribution in [0, 0.1) is 0 Å². The van der Waals surface area contributed by atoms with E-state index < -0.39 is 11.9 Å². The molecule has 1 N–H and O–H groups in total. The Morgan fingerprint density at radius 3 is 2.55 bits per heavy atom. The average molecular weight is 286 g/mol. The van der Waals surface area contributed by atoms with Gasteiger partial charge >= 0.3 is 6.18 Å². The molecule has 1 aromatic carbocycles. The zero-order valence-electron chi connectivity index (χ0n) is 10.9. The van der Waals surface area contributed by atoms with Crippen LogP contribution in [0.2, 0.25) is 0 Å². The molecule has 0 radical (unpaired) electrons. The van der Waals surface area contributed by atoms with Crippen molar-refractivity contribution in [2.75, 3.05) is 7.11 Å². The first-order chi connectivity index (χ1) is 9.36. The van der Waals surface area contributed by atoms with Crippen LogP contribution in [0.15, 0.2) is 24.4 Å². The predicted octanol–water partition coefficient (Wildman–Crippen LogP) is 2.61. The number of hydrogen-bond acceptors (Lipinski definition) is 3. The molecule has 2 rings (SSSR count). The van der Waals surface area contributed by atoms with Gasteiger partial charge in [-0.2, -0.15) is 13.2 Å². The Hall–Kier alpha value is -2.02. The summed E-state index contributed by atoms with van der Waals surface area (Å²) in [6.07, 6.45) is -3.55. The molecular weight excluding hydrogens is 273 g/mol. The van der Waals surface area contributed by atoms with Gasteiger partial charge in [-0.05, 0) is 6.07 Å². The minimum atomic E-state index is -4.48. The highest BCUT2D eigenvalue weighted by Crippen LogP contribution is 2.32. The number of ether oxygens (including phenoxy) is 1. The fourth-order valence-electron chi connectivity index (χ4n) is 1.89. The van der Waals surface area contributed by atoms with Crippen LogP contribution in [0.1, 0.15) is 11.3 Å². The van der Waals surface area contributed by atoms with Crippen LogP contribution in [0.4, 0.5) is 13.2 Å². The monoisotopic (exact) mass is 286 g/mol. The summed E-state index contributed by atoms with van der Waals surface area (Å²) >= 11 is 0. The number of imidazole rings is 1. The van der Waals surface area contributed by atoms with Crippen molar-refractivity contribution < 1.29 is 23.0 Å². The molecule has 0 atom stereocenters. The molecule has 0 aliphatic carbocycles. The molecule has 4 nitrogen and oxygen atoms in total. The van der Waals surface area contributed by atoms with E-state index in [2.05, 4.69) is 4.98 Å². The lowest BCUT2D eigenvalue weighted by atomic mass is 10.1. The number of aryl methyl sites for hydroxylation is 1. The normalized spacial score (nSPS) is 11.7. The number of benzene rings is 1. The number of halogens is 3. The maximum Gasteiger partial charge on any atom is 0.434 e. The van der Waals surface area contributed by atoms with Gasteiger partial charge in [-0.3, -0.25) is 0 Å². The summed E-state index contributed by atoms with van der Waals surface area (Å²) < 4.78 is 44.3. The van der Waals surface area contributed by atoms with E-state index in [0.717, 1.165) is 6.20 Å². The Morgan fingerprint density at radius 2 is 2.05 bits per heavy atom. The molecule has 0 saturated heterocycles. The fourth-order valence-corrected chi connectivity index (χ4v) is 1.89. The van der Waals surface area contributed by atoms with Crippen LogP contribution in [0.3, 0.4) is 0 Å². The highest BCUT2D eigenvalue weighted by molar-refractivity contribution is 5.60. The highest BCUT2D eigenvalue weighted by atomic mass is 19.4. The molecule has 0 aliphatic heterocycles. The number of methoxy groups -OCH3 is 1. The fraction of sp³-hybridized carbons (Fsp3) is 0.308. The maximum atomic E-state index is 12.6. The van der Waals surface area contributed by atoms with E-state index in [-0.39, 0.29) is 12.4 Å². The van der Waals surface area contributed by atoms with E-state index in [1.807, 2.05) is 0 Å². The molecular formula is C13H13F3N2O2. The van der Waals surface area contributed by atoms with E-state index in [1.165, 1.54) is 18.7 Å². The van der Waals surface area contributed by atoms with Crippen molar-refractivity contribution in [3.8, 4) is 17.1 Å². The molecule has 0 bridgehead atoms. The van der Waals surface area contributed by atoms with Gasteiger partial charge in [-0.25, -0.2) is 4.98 Å². The second kappa shape index (κ2) is 5.16. The third kappa shape index (κ3) is 2.62. The number of aliphatic hydroxyl groups excluding tert-OH is 1. The zero-order chi connectivity index (χ0) is 14.9. The summed E-state index contributed by atoms with van der Waals surface area (Å²) in [7, 11) is 2.92. The summed E-state index contributed by atoms with van der Waals surface area (Å²) in [6, 6.07) is 4.74. The second-order valence-corrected chi connectivity index (χ2v) is 4.24. The lowest BCUT2D eigenvalue weighted by Gasteiger charge is -2.08. The second-order valence-electron chi connectivity index (χ2n) is 4.24. The Kier molecular flexibility index (Phi) is 3.71. The quantitative estimate of drug-likeness (QED) is 0.943. The Morgan fingerprint density at radius 1 is 1.35 bits per heavy atom. The molecule has 7 heteroatoms. The van der Waals surface area contributed by atoms with Gasteiger partial charge in [-0.1, -0.05) is 12.1 Å². The largest absolute Gasteiger partial charge is 0.496 e. The first kappa shape index (κ1) is 14.4. The van der Waals surface area contributed by atoms with Gasteiger partial charge < -0.3 is 14.4 Å². The van der Waals surface area contributed by atoms with Gasteiger partial charge in [0.1, 0.15) is 11.6 Å². The van der Waals surface area contributed by atoms with Crippen LogP contribution in [0.5, 0.6) is 5.75 Å². The van der Waals surface area contributed by atoms with Crippen molar-refractivity contribution in [2.45, 2.75) is 12.8 Å². The number of aliphatic hydroxyl groups is 1. The van der Waals surface area contributed by atoms with E-state index in [4.69, 9.17) is 9.84 Å². The first-order valence-electron chi connectivity index (χ1n) is 5.75. The molecule has 20 heavy (non-hydrogen) atoms. The van der Waals surface area contributed by atoms with Crippen LogP contribution in [-0.4, -0.2) is 21.8 Å². The number of nitrogens with zero attached hydrogens (tertiary/aromatic N) is 2. The van der Waals surface area contributed by atoms with E-state index in [9.17, 15) is 13.2 Å². The Bertz CT molecular complexity index is 621. The first-order valence-corrected chi connectivity index (χ1v) is 5.75. The molecule has 0 fully saturated rings. The van der Waals surface area contributed by atoms with Gasteiger partial charge in [0.2, 0.25) is 0 Å². The Balaban J connectivity index is 2.49. The molecule has 108 valence electrons. The van der Waals surface area contributed by atoms with Crippen LogP contribution >= 0.6 is 0 Å². The topological polar surface area (TPSA) is 47.3 Å². The van der Waals surface area contributed by atoms with E-state index in [1.54, 1.807) is 18.2 Å². The van der Waals surface area contributed by atoms with Gasteiger partial charge in [0.25, 0.3) is 0 Å². The van der Waals surface area contributed by atoms with E-state index in [0.29, 0.717) is 16.9 Å². The maximum absolute atomic E-state index is 12.6. The third-order valence-electron chi connectivity index (χ3n) is 2.88.